The number of carbonyl (C=O) groups is 1. The molecule has 0 amide bonds. The van der Waals surface area contributed by atoms with Gasteiger partial charge in [0.25, 0.3) is 0 Å². The molecule has 0 fully saturated rings. The van der Waals surface area contributed by atoms with Crippen LogP contribution in [-0.2, 0) is 8.87 Å². The molecule has 0 saturated heterocycles. The third kappa shape index (κ3) is 5.71. The first-order valence-electron chi connectivity index (χ1n) is 9.98. The molecule has 1 atom stereocenters. The first-order valence-corrected chi connectivity index (χ1v) is 13.6. The molecule has 0 bridgehead atoms. The molecule has 1 aromatic heterocycles. The van der Waals surface area contributed by atoms with E-state index in [2.05, 4.69) is 46.5 Å². The summed E-state index contributed by atoms with van der Waals surface area (Å²) in [6.45, 7) is 0.714. The van der Waals surface area contributed by atoms with E-state index in [9.17, 15) is 4.79 Å². The number of aromatic nitrogens is 2. The Hall–Kier alpha value is -1.82. The summed E-state index contributed by atoms with van der Waals surface area (Å²) in [4.78, 5) is 20.6. The van der Waals surface area contributed by atoms with Gasteiger partial charge < -0.3 is 9.84 Å². The molecule has 1 N–H and O–H groups in total. The highest BCUT2D eigenvalue weighted by molar-refractivity contribution is 8.16. The summed E-state index contributed by atoms with van der Waals surface area (Å²) in [6, 6.07) is 4.28. The molecule has 0 aliphatic carbocycles. The standard InChI is InChI=1S/C23H26N2O3S3/c1-29-21-14-20-18(23(30-2,31-3)9-12-28-20)13-17(21)8-7-16(5-4-6-22(26)27)19-15-24-10-11-25-19/h10-11,13-16H,4-6,9,12H2,1-3H3,(H,26,27). The number of rotatable bonds is 8. The van der Waals surface area contributed by atoms with Gasteiger partial charge >= 0.3 is 5.97 Å². The number of nitrogens with zero attached hydrogens (tertiary/aromatic N) is 2. The second-order valence-corrected chi connectivity index (χ2v) is 10.4. The summed E-state index contributed by atoms with van der Waals surface area (Å²) in [6.07, 6.45) is 13.6. The number of thioether (sulfide) groups is 3. The maximum Gasteiger partial charge on any atom is 0.303 e. The molecule has 1 aliphatic heterocycles. The third-order valence-electron chi connectivity index (χ3n) is 5.26. The smallest absolute Gasteiger partial charge is 0.303 e. The fourth-order valence-electron chi connectivity index (χ4n) is 3.59. The van der Waals surface area contributed by atoms with Crippen LogP contribution in [0.1, 0.15) is 48.4 Å². The molecule has 2 aromatic rings. The molecule has 8 heteroatoms. The van der Waals surface area contributed by atoms with Gasteiger partial charge in [0.2, 0.25) is 0 Å². The van der Waals surface area contributed by atoms with Crippen LogP contribution < -0.4 is 4.74 Å². The molecule has 3 rings (SSSR count). The molecule has 2 heterocycles. The monoisotopic (exact) mass is 474 g/mol. The summed E-state index contributed by atoms with van der Waals surface area (Å²) in [5.41, 5.74) is 2.93. The van der Waals surface area contributed by atoms with Gasteiger partial charge in [0.05, 0.1) is 22.3 Å². The summed E-state index contributed by atoms with van der Waals surface area (Å²) in [5, 5.41) is 9.00. The van der Waals surface area contributed by atoms with E-state index in [0.717, 1.165) is 28.3 Å². The lowest BCUT2D eigenvalue weighted by atomic mass is 9.97. The first kappa shape index (κ1) is 23.8. The number of hydrogen-bond donors (Lipinski definition) is 1. The van der Waals surface area contributed by atoms with Gasteiger partial charge in [-0.15, -0.1) is 35.3 Å². The summed E-state index contributed by atoms with van der Waals surface area (Å²) >= 11 is 5.35. The highest BCUT2D eigenvalue weighted by atomic mass is 32.2. The molecule has 31 heavy (non-hydrogen) atoms. The van der Waals surface area contributed by atoms with Crippen molar-refractivity contribution in [3.05, 3.63) is 47.5 Å². The van der Waals surface area contributed by atoms with E-state index >= 15 is 0 Å². The van der Waals surface area contributed by atoms with Crippen LogP contribution in [0.2, 0.25) is 0 Å². The topological polar surface area (TPSA) is 72.3 Å². The van der Waals surface area contributed by atoms with Crippen molar-refractivity contribution in [2.45, 2.75) is 40.6 Å². The lowest BCUT2D eigenvalue weighted by Crippen LogP contribution is -2.26. The van der Waals surface area contributed by atoms with Crippen LogP contribution >= 0.6 is 35.3 Å². The number of benzene rings is 1. The minimum absolute atomic E-state index is 0.0350. The van der Waals surface area contributed by atoms with Crippen LogP contribution in [0.15, 0.2) is 35.6 Å². The number of fused-ring (bicyclic) bond motifs is 1. The van der Waals surface area contributed by atoms with Crippen LogP contribution in [0.25, 0.3) is 0 Å². The van der Waals surface area contributed by atoms with Crippen molar-refractivity contribution < 1.29 is 14.6 Å². The Labute approximate surface area is 196 Å². The Bertz CT molecular complexity index is 969. The van der Waals surface area contributed by atoms with Crippen molar-refractivity contribution in [1.29, 1.82) is 0 Å². The van der Waals surface area contributed by atoms with Gasteiger partial charge in [-0.1, -0.05) is 11.8 Å². The van der Waals surface area contributed by atoms with Gasteiger partial charge in [0.1, 0.15) is 5.75 Å². The zero-order valence-electron chi connectivity index (χ0n) is 17.9. The Kier molecular flexibility index (Phi) is 8.58. The highest BCUT2D eigenvalue weighted by Gasteiger charge is 2.37. The molecular formula is C23H26N2O3S3. The number of ether oxygens (including phenoxy) is 1. The van der Waals surface area contributed by atoms with Crippen LogP contribution in [-0.4, -0.2) is 46.4 Å². The minimum atomic E-state index is -0.796. The SMILES string of the molecule is CSc1cc2c(cc1C#CC(CCCC(=O)O)c1cnccn1)C(SC)(SC)CCO2. The summed E-state index contributed by atoms with van der Waals surface area (Å²) in [7, 11) is 0. The van der Waals surface area contributed by atoms with Gasteiger partial charge in [-0.2, -0.15) is 0 Å². The first-order chi connectivity index (χ1) is 15.0. The van der Waals surface area contributed by atoms with Gasteiger partial charge in [0, 0.05) is 47.5 Å². The van der Waals surface area contributed by atoms with Crippen molar-refractivity contribution in [3.8, 4) is 17.6 Å². The van der Waals surface area contributed by atoms with Crippen LogP contribution in [0.3, 0.4) is 0 Å². The summed E-state index contributed by atoms with van der Waals surface area (Å²) in [5.74, 6) is 6.71. The molecule has 1 aromatic carbocycles. The normalized spacial score (nSPS) is 15.2. The van der Waals surface area contributed by atoms with Crippen molar-refractivity contribution in [2.75, 3.05) is 25.4 Å². The van der Waals surface area contributed by atoms with Crippen molar-refractivity contribution in [1.82, 2.24) is 9.97 Å². The average Bonchev–Trinajstić information content (AvgIpc) is 2.80. The van der Waals surface area contributed by atoms with Crippen LogP contribution in [0, 0.1) is 11.8 Å². The molecule has 0 saturated carbocycles. The molecule has 0 radical (unpaired) electrons. The van der Waals surface area contributed by atoms with E-state index in [1.54, 1.807) is 30.4 Å². The number of hydrogen-bond acceptors (Lipinski definition) is 7. The van der Waals surface area contributed by atoms with Gasteiger partial charge in [0.15, 0.2) is 0 Å². The molecule has 164 valence electrons. The molecule has 0 spiro atoms. The molecule has 1 aliphatic rings. The summed E-state index contributed by atoms with van der Waals surface area (Å²) < 4.78 is 5.95. The Morgan fingerprint density at radius 2 is 2.10 bits per heavy atom. The molecule has 1 unspecified atom stereocenters. The minimum Gasteiger partial charge on any atom is -0.493 e. The lowest BCUT2D eigenvalue weighted by Gasteiger charge is -2.36. The van der Waals surface area contributed by atoms with E-state index in [1.165, 1.54) is 5.56 Å². The van der Waals surface area contributed by atoms with Crippen molar-refractivity contribution in [2.24, 2.45) is 0 Å². The predicted molar refractivity (Wildman–Crippen MR) is 130 cm³/mol. The van der Waals surface area contributed by atoms with E-state index in [-0.39, 0.29) is 16.4 Å². The van der Waals surface area contributed by atoms with Gasteiger partial charge in [-0.25, -0.2) is 0 Å². The van der Waals surface area contributed by atoms with Crippen molar-refractivity contribution >= 4 is 41.3 Å². The fraction of sp³-hybridized carbons (Fsp3) is 0.435. The van der Waals surface area contributed by atoms with E-state index in [1.807, 2.05) is 29.8 Å². The zero-order valence-corrected chi connectivity index (χ0v) is 20.3. The lowest BCUT2D eigenvalue weighted by molar-refractivity contribution is -0.137. The van der Waals surface area contributed by atoms with Crippen LogP contribution in [0.5, 0.6) is 5.75 Å². The van der Waals surface area contributed by atoms with E-state index in [0.29, 0.717) is 19.4 Å². The largest absolute Gasteiger partial charge is 0.493 e. The predicted octanol–water partition coefficient (Wildman–Crippen LogP) is 5.25. The zero-order chi connectivity index (χ0) is 22.3. The Morgan fingerprint density at radius 1 is 1.29 bits per heavy atom. The van der Waals surface area contributed by atoms with Crippen molar-refractivity contribution in [3.63, 3.8) is 0 Å². The molecule has 5 nitrogen and oxygen atoms in total. The van der Waals surface area contributed by atoms with Crippen LogP contribution in [0.4, 0.5) is 0 Å². The van der Waals surface area contributed by atoms with Gasteiger partial charge in [-0.3, -0.25) is 14.8 Å². The second-order valence-electron chi connectivity index (χ2n) is 7.05. The van der Waals surface area contributed by atoms with E-state index < -0.39 is 5.97 Å². The van der Waals surface area contributed by atoms with Gasteiger partial charge in [-0.05, 0) is 43.7 Å². The average molecular weight is 475 g/mol. The Morgan fingerprint density at radius 3 is 2.74 bits per heavy atom. The number of carboxylic acids is 1. The molecular weight excluding hydrogens is 448 g/mol. The Balaban J connectivity index is 1.99. The van der Waals surface area contributed by atoms with E-state index in [4.69, 9.17) is 9.84 Å². The fourth-order valence-corrected chi connectivity index (χ4v) is 6.14. The number of aliphatic carboxylic acids is 1. The second kappa shape index (κ2) is 11.2. The number of carboxylic acid groups (broad SMARTS) is 1. The quantitative estimate of drug-likeness (QED) is 0.316. The third-order valence-corrected chi connectivity index (χ3v) is 9.21. The highest BCUT2D eigenvalue weighted by Crippen LogP contribution is 2.53. The maximum atomic E-state index is 11.0. The maximum absolute atomic E-state index is 11.0.